The number of likely N-dealkylation sites (N-methyl/N-ethyl adjacent to an activating group) is 1. The number of pyridine rings is 2. The third-order valence-corrected chi connectivity index (χ3v) is 7.95. The van der Waals surface area contributed by atoms with Gasteiger partial charge in [0.2, 0.25) is 5.95 Å². The molecule has 1 saturated carbocycles. The fourth-order valence-electron chi connectivity index (χ4n) is 5.81. The molecule has 5 rings (SSSR count). The van der Waals surface area contributed by atoms with E-state index in [9.17, 15) is 14.4 Å². The molecule has 3 aromatic rings. The quantitative estimate of drug-likeness (QED) is 0.358. The lowest BCUT2D eigenvalue weighted by Gasteiger charge is -2.28. The van der Waals surface area contributed by atoms with Crippen LogP contribution in [0.5, 0.6) is 0 Å². The number of carbonyl (C=O) groups is 2. The van der Waals surface area contributed by atoms with Gasteiger partial charge in [-0.2, -0.15) is 4.98 Å². The number of ketones is 1. The van der Waals surface area contributed by atoms with E-state index in [4.69, 9.17) is 14.5 Å². The Morgan fingerprint density at radius 1 is 1.16 bits per heavy atom. The van der Waals surface area contributed by atoms with Gasteiger partial charge in [0, 0.05) is 30.7 Å². The number of Topliss-reactive ketones (excluding diaryl/α,β-unsaturated/α-hetero) is 1. The first-order valence-corrected chi connectivity index (χ1v) is 15.0. The molecule has 4 heterocycles. The summed E-state index contributed by atoms with van der Waals surface area (Å²) in [4.78, 5) is 55.9. The van der Waals surface area contributed by atoms with Crippen LogP contribution in [0.2, 0.25) is 0 Å². The normalized spacial score (nSPS) is 17.4. The first-order chi connectivity index (χ1) is 20.4. The summed E-state index contributed by atoms with van der Waals surface area (Å²) in [6.07, 6.45) is 6.76. The molecule has 2 aliphatic rings. The summed E-state index contributed by atoms with van der Waals surface area (Å²) in [6.45, 7) is 12.7. The summed E-state index contributed by atoms with van der Waals surface area (Å²) in [5.74, 6) is 0.622. The number of anilines is 3. The number of fused-ring (bicyclic) bond motifs is 1. The maximum Gasteiger partial charge on any atom is 0.410 e. The fourth-order valence-corrected chi connectivity index (χ4v) is 5.81. The van der Waals surface area contributed by atoms with Gasteiger partial charge in [-0.1, -0.05) is 12.8 Å². The molecule has 12 nitrogen and oxygen atoms in total. The molecule has 2 fully saturated rings. The number of carbonyl (C=O) groups excluding carboxylic acids is 2. The van der Waals surface area contributed by atoms with Crippen LogP contribution in [-0.4, -0.2) is 74.4 Å². The van der Waals surface area contributed by atoms with Crippen molar-refractivity contribution in [3.63, 3.8) is 0 Å². The largest absolute Gasteiger partial charge is 0.444 e. The Bertz CT molecular complexity index is 1560. The van der Waals surface area contributed by atoms with Gasteiger partial charge in [-0.25, -0.2) is 14.8 Å². The van der Waals surface area contributed by atoms with Crippen molar-refractivity contribution in [3.8, 4) is 0 Å². The first-order valence-electron chi connectivity index (χ1n) is 15.0. The van der Waals surface area contributed by atoms with Gasteiger partial charge in [0.1, 0.15) is 23.8 Å². The van der Waals surface area contributed by atoms with Crippen molar-refractivity contribution in [3.05, 3.63) is 46.0 Å². The summed E-state index contributed by atoms with van der Waals surface area (Å²) in [7, 11) is 0. The van der Waals surface area contributed by atoms with Gasteiger partial charge < -0.3 is 24.6 Å². The minimum absolute atomic E-state index is 0.00825. The number of nitrogens with one attached hydrogen (secondary N) is 1. The van der Waals surface area contributed by atoms with Crippen molar-refractivity contribution < 1.29 is 19.1 Å². The highest BCUT2D eigenvalue weighted by Crippen LogP contribution is 2.32. The van der Waals surface area contributed by atoms with Crippen molar-refractivity contribution in [2.75, 3.05) is 36.6 Å². The lowest BCUT2D eigenvalue weighted by molar-refractivity contribution is 0.0131. The maximum atomic E-state index is 13.5. The lowest BCUT2D eigenvalue weighted by atomic mass is 10.0. The summed E-state index contributed by atoms with van der Waals surface area (Å²) in [6, 6.07) is 3.78. The zero-order chi connectivity index (χ0) is 30.9. The Kier molecular flexibility index (Phi) is 8.68. The molecule has 1 amide bonds. The van der Waals surface area contributed by atoms with E-state index >= 15 is 0 Å². The molecule has 0 spiro atoms. The summed E-state index contributed by atoms with van der Waals surface area (Å²) in [5.41, 5.74) is 1.39. The van der Waals surface area contributed by atoms with Crippen molar-refractivity contribution in [1.29, 1.82) is 0 Å². The van der Waals surface area contributed by atoms with Crippen molar-refractivity contribution in [2.45, 2.75) is 85.0 Å². The molecule has 0 radical (unpaired) electrons. The second-order valence-electron chi connectivity index (χ2n) is 12.3. The van der Waals surface area contributed by atoms with Gasteiger partial charge in [0.25, 0.3) is 5.56 Å². The highest BCUT2D eigenvalue weighted by molar-refractivity contribution is 5.99. The molecule has 230 valence electrons. The van der Waals surface area contributed by atoms with E-state index in [-0.39, 0.29) is 35.1 Å². The van der Waals surface area contributed by atoms with E-state index in [1.54, 1.807) is 28.8 Å². The number of hydrogen-bond acceptors (Lipinski definition) is 10. The number of aromatic nitrogens is 4. The number of rotatable bonds is 8. The van der Waals surface area contributed by atoms with Gasteiger partial charge in [-0.05, 0) is 72.1 Å². The smallest absolute Gasteiger partial charge is 0.410 e. The first kappa shape index (κ1) is 30.4. The summed E-state index contributed by atoms with van der Waals surface area (Å²) < 4.78 is 13.2. The van der Waals surface area contributed by atoms with Crippen LogP contribution in [0.1, 0.15) is 82.3 Å². The molecule has 43 heavy (non-hydrogen) atoms. The molecule has 0 bridgehead atoms. The molecule has 1 unspecified atom stereocenters. The van der Waals surface area contributed by atoms with Crippen molar-refractivity contribution >= 4 is 40.4 Å². The molecule has 1 N–H and O–H groups in total. The highest BCUT2D eigenvalue weighted by Gasteiger charge is 2.29. The van der Waals surface area contributed by atoms with Gasteiger partial charge in [0.05, 0.1) is 30.1 Å². The van der Waals surface area contributed by atoms with E-state index in [1.807, 2.05) is 39.8 Å². The molecule has 0 aromatic carbocycles. The number of nitrogens with zero attached hydrogens (tertiary/aromatic N) is 6. The Balaban J connectivity index is 1.30. The second kappa shape index (κ2) is 12.3. The Morgan fingerprint density at radius 2 is 1.91 bits per heavy atom. The standard InChI is InChI=1S/C31H41N7O5/c1-7-36(30(41)43-31(4,5)6)16-23-17-37(18-42-23)22-12-13-25(32-14-22)34-29-33-15-24-19(2)26(20(3)39)28(40)38(27(24)35-29)21-10-8-9-11-21/h12-15,21,23H,7-11,16-18H2,1-6H3,(H,32,33,34,35). The molecule has 12 heteroatoms. The van der Waals surface area contributed by atoms with Crippen LogP contribution in [0.15, 0.2) is 29.3 Å². The highest BCUT2D eigenvalue weighted by atomic mass is 16.6. The Labute approximate surface area is 251 Å². The van der Waals surface area contributed by atoms with E-state index in [0.29, 0.717) is 54.7 Å². The minimum atomic E-state index is -0.555. The van der Waals surface area contributed by atoms with Gasteiger partial charge in [-0.15, -0.1) is 0 Å². The topological polar surface area (TPSA) is 132 Å². The fraction of sp³-hybridized carbons (Fsp3) is 0.548. The van der Waals surface area contributed by atoms with E-state index in [2.05, 4.69) is 20.2 Å². The maximum absolute atomic E-state index is 13.5. The SMILES string of the molecule is CCN(CC1CN(c2ccc(Nc3ncc4c(C)c(C(C)=O)c(=O)n(C5CCCC5)c4n3)nc2)CO1)C(=O)OC(C)(C)C. The zero-order valence-electron chi connectivity index (χ0n) is 25.8. The number of ether oxygens (including phenoxy) is 2. The molecule has 1 aliphatic carbocycles. The van der Waals surface area contributed by atoms with Crippen LogP contribution < -0.4 is 15.8 Å². The molecule has 1 aliphatic heterocycles. The van der Waals surface area contributed by atoms with E-state index in [1.165, 1.54) is 6.92 Å². The second-order valence-corrected chi connectivity index (χ2v) is 12.3. The average molecular weight is 592 g/mol. The molecule has 3 aromatic heterocycles. The number of aryl methyl sites for hydroxylation is 1. The number of amides is 1. The summed E-state index contributed by atoms with van der Waals surface area (Å²) in [5, 5.41) is 3.85. The van der Waals surface area contributed by atoms with Crippen LogP contribution in [-0.2, 0) is 9.47 Å². The molecular weight excluding hydrogens is 550 g/mol. The third kappa shape index (κ3) is 6.64. The van der Waals surface area contributed by atoms with E-state index < -0.39 is 5.60 Å². The lowest BCUT2D eigenvalue weighted by Crippen LogP contribution is -2.42. The summed E-state index contributed by atoms with van der Waals surface area (Å²) >= 11 is 0. The van der Waals surface area contributed by atoms with Crippen LogP contribution >= 0.6 is 0 Å². The molecule has 1 atom stereocenters. The van der Waals surface area contributed by atoms with Gasteiger partial charge in [-0.3, -0.25) is 14.2 Å². The van der Waals surface area contributed by atoms with Crippen LogP contribution in [0, 0.1) is 6.92 Å². The van der Waals surface area contributed by atoms with Gasteiger partial charge in [0.15, 0.2) is 5.78 Å². The van der Waals surface area contributed by atoms with Crippen LogP contribution in [0.3, 0.4) is 0 Å². The predicted molar refractivity (Wildman–Crippen MR) is 164 cm³/mol. The van der Waals surface area contributed by atoms with Gasteiger partial charge >= 0.3 is 6.09 Å². The number of hydrogen-bond donors (Lipinski definition) is 1. The third-order valence-electron chi connectivity index (χ3n) is 7.95. The Morgan fingerprint density at radius 3 is 2.53 bits per heavy atom. The molecule has 1 saturated heterocycles. The van der Waals surface area contributed by atoms with Crippen molar-refractivity contribution in [1.82, 2.24) is 24.4 Å². The van der Waals surface area contributed by atoms with Crippen LogP contribution in [0.25, 0.3) is 11.0 Å². The Hall–Kier alpha value is -4.06. The van der Waals surface area contributed by atoms with Crippen molar-refractivity contribution in [2.24, 2.45) is 0 Å². The zero-order valence-corrected chi connectivity index (χ0v) is 25.8. The monoisotopic (exact) mass is 591 g/mol. The average Bonchev–Trinajstić information content (AvgIpc) is 3.64. The van der Waals surface area contributed by atoms with Crippen LogP contribution in [0.4, 0.5) is 22.2 Å². The van der Waals surface area contributed by atoms with E-state index in [0.717, 1.165) is 31.4 Å². The molecular formula is C31H41N7O5. The minimum Gasteiger partial charge on any atom is -0.444 e. The predicted octanol–water partition coefficient (Wildman–Crippen LogP) is 4.98.